The largest absolute Gasteiger partial charge is 0.508 e. The maximum atomic E-state index is 12.1. The lowest BCUT2D eigenvalue weighted by atomic mass is 10.0. The third kappa shape index (κ3) is 2.32. The summed E-state index contributed by atoms with van der Waals surface area (Å²) >= 11 is 0. The van der Waals surface area contributed by atoms with Gasteiger partial charge >= 0.3 is 0 Å². The summed E-state index contributed by atoms with van der Waals surface area (Å²) in [5.74, 6) is 0.462. The summed E-state index contributed by atoms with van der Waals surface area (Å²) in [6.45, 7) is 2.01. The minimum atomic E-state index is -0.578. The highest BCUT2D eigenvalue weighted by Crippen LogP contribution is 2.33. The number of amides is 1. The summed E-state index contributed by atoms with van der Waals surface area (Å²) in [6.07, 6.45) is -0.0708. The Morgan fingerprint density at radius 2 is 2.05 bits per heavy atom. The van der Waals surface area contributed by atoms with Crippen molar-refractivity contribution >= 4 is 11.6 Å². The van der Waals surface area contributed by atoms with E-state index in [9.17, 15) is 9.90 Å². The number of aromatic hydroxyl groups is 1. The maximum Gasteiger partial charge on any atom is 0.265 e. The highest BCUT2D eigenvalue weighted by atomic mass is 16.5. The van der Waals surface area contributed by atoms with Crippen LogP contribution in [-0.2, 0) is 11.2 Å². The summed E-state index contributed by atoms with van der Waals surface area (Å²) in [5.41, 5.74) is 2.80. The first-order chi connectivity index (χ1) is 9.63. The van der Waals surface area contributed by atoms with Crippen LogP contribution < -0.4 is 10.1 Å². The SMILES string of the molecule is Cc1ccccc1CC1Oc2cc(O)ccc2NC1=O. The second kappa shape index (κ2) is 4.89. The second-order valence-electron chi connectivity index (χ2n) is 4.91. The second-order valence-corrected chi connectivity index (χ2v) is 4.91. The number of carbonyl (C=O) groups is 1. The van der Waals surface area contributed by atoms with Crippen LogP contribution in [0.25, 0.3) is 0 Å². The number of rotatable bonds is 2. The predicted octanol–water partition coefficient (Wildman–Crippen LogP) is 2.64. The van der Waals surface area contributed by atoms with E-state index < -0.39 is 6.10 Å². The first kappa shape index (κ1) is 12.5. The average molecular weight is 269 g/mol. The summed E-state index contributed by atoms with van der Waals surface area (Å²) in [5, 5.41) is 12.3. The molecule has 1 aliphatic heterocycles. The average Bonchev–Trinajstić information content (AvgIpc) is 2.42. The van der Waals surface area contributed by atoms with Crippen molar-refractivity contribution in [2.75, 3.05) is 5.32 Å². The number of aryl methyl sites for hydroxylation is 1. The van der Waals surface area contributed by atoms with E-state index in [1.54, 1.807) is 6.07 Å². The van der Waals surface area contributed by atoms with Gasteiger partial charge < -0.3 is 15.2 Å². The number of fused-ring (bicyclic) bond motifs is 1. The molecule has 1 amide bonds. The molecule has 1 aliphatic rings. The summed E-state index contributed by atoms with van der Waals surface area (Å²) in [6, 6.07) is 12.6. The molecule has 0 saturated heterocycles. The quantitative estimate of drug-likeness (QED) is 0.824. The van der Waals surface area contributed by atoms with Crippen LogP contribution in [0.5, 0.6) is 11.5 Å². The predicted molar refractivity (Wildman–Crippen MR) is 76.0 cm³/mol. The van der Waals surface area contributed by atoms with Crippen molar-refractivity contribution < 1.29 is 14.6 Å². The molecule has 0 spiro atoms. The smallest absolute Gasteiger partial charge is 0.265 e. The Labute approximate surface area is 117 Å². The van der Waals surface area contributed by atoms with E-state index in [-0.39, 0.29) is 11.7 Å². The molecule has 2 N–H and O–H groups in total. The molecule has 102 valence electrons. The van der Waals surface area contributed by atoms with E-state index in [1.807, 2.05) is 31.2 Å². The third-order valence-corrected chi connectivity index (χ3v) is 3.45. The van der Waals surface area contributed by atoms with E-state index in [0.717, 1.165) is 11.1 Å². The normalized spacial score (nSPS) is 17.1. The monoisotopic (exact) mass is 269 g/mol. The van der Waals surface area contributed by atoms with Gasteiger partial charge in [-0.3, -0.25) is 4.79 Å². The molecular formula is C16H15NO3. The van der Waals surface area contributed by atoms with Crippen molar-refractivity contribution in [1.29, 1.82) is 0 Å². The molecule has 0 radical (unpaired) electrons. The lowest BCUT2D eigenvalue weighted by molar-refractivity contribution is -0.123. The fourth-order valence-corrected chi connectivity index (χ4v) is 2.31. The number of anilines is 1. The van der Waals surface area contributed by atoms with Crippen LogP contribution in [-0.4, -0.2) is 17.1 Å². The molecule has 0 saturated carbocycles. The zero-order valence-electron chi connectivity index (χ0n) is 11.1. The van der Waals surface area contributed by atoms with Gasteiger partial charge in [0, 0.05) is 12.5 Å². The molecule has 2 aromatic rings. The summed E-state index contributed by atoms with van der Waals surface area (Å²) < 4.78 is 5.71. The highest BCUT2D eigenvalue weighted by Gasteiger charge is 2.28. The molecule has 0 aliphatic carbocycles. The number of nitrogens with one attached hydrogen (secondary N) is 1. The first-order valence-electron chi connectivity index (χ1n) is 6.48. The summed E-state index contributed by atoms with van der Waals surface area (Å²) in [4.78, 5) is 12.1. The van der Waals surface area contributed by atoms with Crippen LogP contribution in [0.3, 0.4) is 0 Å². The van der Waals surface area contributed by atoms with Crippen molar-refractivity contribution in [2.45, 2.75) is 19.4 Å². The van der Waals surface area contributed by atoms with E-state index in [0.29, 0.717) is 17.9 Å². The van der Waals surface area contributed by atoms with Gasteiger partial charge in [-0.05, 0) is 30.2 Å². The summed E-state index contributed by atoms with van der Waals surface area (Å²) in [7, 11) is 0. The van der Waals surface area contributed by atoms with Gasteiger partial charge in [0.2, 0.25) is 0 Å². The lowest BCUT2D eigenvalue weighted by Crippen LogP contribution is -2.38. The Kier molecular flexibility index (Phi) is 3.06. The van der Waals surface area contributed by atoms with Crippen LogP contribution in [0.1, 0.15) is 11.1 Å². The fourth-order valence-electron chi connectivity index (χ4n) is 2.31. The molecule has 1 unspecified atom stereocenters. The highest BCUT2D eigenvalue weighted by molar-refractivity contribution is 5.98. The number of phenolic OH excluding ortho intramolecular Hbond substituents is 1. The lowest BCUT2D eigenvalue weighted by Gasteiger charge is -2.26. The van der Waals surface area contributed by atoms with Gasteiger partial charge in [0.25, 0.3) is 5.91 Å². The van der Waals surface area contributed by atoms with E-state index >= 15 is 0 Å². The Bertz CT molecular complexity index is 667. The van der Waals surface area contributed by atoms with Gasteiger partial charge in [-0.1, -0.05) is 24.3 Å². The zero-order chi connectivity index (χ0) is 14.1. The van der Waals surface area contributed by atoms with Gasteiger partial charge in [0.15, 0.2) is 6.10 Å². The van der Waals surface area contributed by atoms with Gasteiger partial charge in [0.1, 0.15) is 11.5 Å². The Morgan fingerprint density at radius 3 is 2.85 bits per heavy atom. The molecular weight excluding hydrogens is 254 g/mol. The van der Waals surface area contributed by atoms with Gasteiger partial charge in [-0.2, -0.15) is 0 Å². The molecule has 1 atom stereocenters. The van der Waals surface area contributed by atoms with E-state index in [2.05, 4.69) is 5.32 Å². The molecule has 3 rings (SSSR count). The molecule has 0 fully saturated rings. The molecule has 0 aromatic heterocycles. The Hall–Kier alpha value is -2.49. The number of carbonyl (C=O) groups excluding carboxylic acids is 1. The number of ether oxygens (including phenoxy) is 1. The van der Waals surface area contributed by atoms with Crippen LogP contribution in [0.4, 0.5) is 5.69 Å². The van der Waals surface area contributed by atoms with Crippen LogP contribution in [0, 0.1) is 6.92 Å². The van der Waals surface area contributed by atoms with Gasteiger partial charge in [-0.15, -0.1) is 0 Å². The molecule has 4 nitrogen and oxygen atoms in total. The third-order valence-electron chi connectivity index (χ3n) is 3.45. The van der Waals surface area contributed by atoms with Crippen molar-refractivity contribution in [3.8, 4) is 11.5 Å². The standard InChI is InChI=1S/C16H15NO3/c1-10-4-2-3-5-11(10)8-15-16(19)17-13-7-6-12(18)9-14(13)20-15/h2-7,9,15,18H,8H2,1H3,(H,17,19). The number of benzene rings is 2. The van der Waals surface area contributed by atoms with Crippen molar-refractivity contribution in [3.63, 3.8) is 0 Å². The Morgan fingerprint density at radius 1 is 1.25 bits per heavy atom. The van der Waals surface area contributed by atoms with Crippen molar-refractivity contribution in [2.24, 2.45) is 0 Å². The van der Waals surface area contributed by atoms with Crippen LogP contribution in [0.2, 0.25) is 0 Å². The minimum Gasteiger partial charge on any atom is -0.508 e. The number of phenols is 1. The minimum absolute atomic E-state index is 0.120. The van der Waals surface area contributed by atoms with Crippen LogP contribution in [0.15, 0.2) is 42.5 Å². The topological polar surface area (TPSA) is 58.6 Å². The fraction of sp³-hybridized carbons (Fsp3) is 0.188. The van der Waals surface area contributed by atoms with Gasteiger partial charge in [-0.25, -0.2) is 0 Å². The van der Waals surface area contributed by atoms with E-state index in [1.165, 1.54) is 12.1 Å². The van der Waals surface area contributed by atoms with Crippen molar-refractivity contribution in [3.05, 3.63) is 53.6 Å². The van der Waals surface area contributed by atoms with Crippen molar-refractivity contribution in [1.82, 2.24) is 0 Å². The van der Waals surface area contributed by atoms with Crippen LogP contribution >= 0.6 is 0 Å². The number of hydrogen-bond acceptors (Lipinski definition) is 3. The first-order valence-corrected chi connectivity index (χ1v) is 6.48. The zero-order valence-corrected chi connectivity index (χ0v) is 11.1. The Balaban J connectivity index is 1.85. The van der Waals surface area contributed by atoms with Gasteiger partial charge in [0.05, 0.1) is 5.69 Å². The maximum absolute atomic E-state index is 12.1. The van der Waals surface area contributed by atoms with E-state index in [4.69, 9.17) is 4.74 Å². The number of hydrogen-bond donors (Lipinski definition) is 2. The molecule has 1 heterocycles. The molecule has 20 heavy (non-hydrogen) atoms. The molecule has 4 heteroatoms. The molecule has 0 bridgehead atoms. The molecule has 2 aromatic carbocycles.